The van der Waals surface area contributed by atoms with Crippen molar-refractivity contribution in [1.29, 1.82) is 0 Å². The molecule has 0 saturated heterocycles. The van der Waals surface area contributed by atoms with Gasteiger partial charge >= 0.3 is 0 Å². The summed E-state index contributed by atoms with van der Waals surface area (Å²) in [6.45, 7) is 6.61. The maximum atomic E-state index is 12.7. The van der Waals surface area contributed by atoms with Crippen LogP contribution in [-0.4, -0.2) is 21.4 Å². The number of fused-ring (bicyclic) bond motifs is 1. The molecule has 0 aliphatic heterocycles. The van der Waals surface area contributed by atoms with E-state index in [9.17, 15) is 9.59 Å². The van der Waals surface area contributed by atoms with Gasteiger partial charge in [0.15, 0.2) is 5.69 Å². The normalized spacial score (nSPS) is 22.1. The van der Waals surface area contributed by atoms with Crippen molar-refractivity contribution in [2.75, 3.05) is 0 Å². The van der Waals surface area contributed by atoms with Gasteiger partial charge in [-0.25, -0.2) is 10.1 Å². The zero-order chi connectivity index (χ0) is 18.8. The van der Waals surface area contributed by atoms with E-state index in [2.05, 4.69) is 36.4 Å². The molecule has 0 unspecified atom stereocenters. The Labute approximate surface area is 153 Å². The van der Waals surface area contributed by atoms with Gasteiger partial charge in [-0.15, -0.1) is 0 Å². The standard InChI is InChI=1S/C20H26N4O2/c1-12(2)14-10-9-13(3)11-17(14)21-22-19(25)18-15-7-5-6-8-16(15)20(26)24(4)23-18/h5-8,12-14H,9-11H2,1-4H3,(H,22,25)/b21-17-/t13-,14-/m0/s1. The maximum Gasteiger partial charge on any atom is 0.292 e. The second-order valence-corrected chi connectivity index (χ2v) is 7.60. The fourth-order valence-electron chi connectivity index (χ4n) is 3.73. The molecule has 1 fully saturated rings. The van der Waals surface area contributed by atoms with Crippen LogP contribution in [-0.2, 0) is 7.05 Å². The van der Waals surface area contributed by atoms with Crippen molar-refractivity contribution < 1.29 is 4.79 Å². The lowest BCUT2D eigenvalue weighted by atomic mass is 9.76. The van der Waals surface area contributed by atoms with Crippen molar-refractivity contribution >= 4 is 22.4 Å². The van der Waals surface area contributed by atoms with Crippen LogP contribution in [0.1, 0.15) is 50.5 Å². The third kappa shape index (κ3) is 3.54. The minimum atomic E-state index is -0.384. The van der Waals surface area contributed by atoms with Gasteiger partial charge in [-0.3, -0.25) is 9.59 Å². The third-order valence-electron chi connectivity index (χ3n) is 5.23. The summed E-state index contributed by atoms with van der Waals surface area (Å²) < 4.78 is 1.20. The van der Waals surface area contributed by atoms with Gasteiger partial charge in [0.1, 0.15) is 0 Å². The van der Waals surface area contributed by atoms with E-state index in [1.165, 1.54) is 11.1 Å². The van der Waals surface area contributed by atoms with Gasteiger partial charge in [0.2, 0.25) is 0 Å². The number of aromatic nitrogens is 2. The Hall–Kier alpha value is -2.50. The van der Waals surface area contributed by atoms with Crippen LogP contribution in [0.5, 0.6) is 0 Å². The molecular formula is C20H26N4O2. The van der Waals surface area contributed by atoms with Crippen molar-refractivity contribution in [1.82, 2.24) is 15.2 Å². The number of hydrogen-bond donors (Lipinski definition) is 1. The fraction of sp³-hybridized carbons (Fsp3) is 0.500. The molecule has 1 heterocycles. The molecule has 1 N–H and O–H groups in total. The second-order valence-electron chi connectivity index (χ2n) is 7.60. The molecule has 1 aliphatic rings. The van der Waals surface area contributed by atoms with E-state index >= 15 is 0 Å². The van der Waals surface area contributed by atoms with Crippen LogP contribution in [0, 0.1) is 17.8 Å². The third-order valence-corrected chi connectivity index (χ3v) is 5.23. The topological polar surface area (TPSA) is 76.3 Å². The first-order valence-electron chi connectivity index (χ1n) is 9.21. The van der Waals surface area contributed by atoms with E-state index < -0.39 is 0 Å². The van der Waals surface area contributed by atoms with Crippen molar-refractivity contribution in [3.8, 4) is 0 Å². The Morgan fingerprint density at radius 3 is 2.65 bits per heavy atom. The average Bonchev–Trinajstić information content (AvgIpc) is 2.62. The summed E-state index contributed by atoms with van der Waals surface area (Å²) in [5.41, 5.74) is 3.74. The van der Waals surface area contributed by atoms with Crippen molar-refractivity contribution in [2.45, 2.75) is 40.0 Å². The van der Waals surface area contributed by atoms with Crippen LogP contribution < -0.4 is 11.0 Å². The lowest BCUT2D eigenvalue weighted by molar-refractivity contribution is 0.0948. The molecular weight excluding hydrogens is 328 g/mol. The van der Waals surface area contributed by atoms with Crippen LogP contribution in [0.2, 0.25) is 0 Å². The molecule has 0 radical (unpaired) electrons. The molecule has 26 heavy (non-hydrogen) atoms. The largest absolute Gasteiger partial charge is 0.292 e. The molecule has 0 bridgehead atoms. The highest BCUT2D eigenvalue weighted by molar-refractivity contribution is 6.05. The number of rotatable bonds is 3. The van der Waals surface area contributed by atoms with Gasteiger partial charge < -0.3 is 0 Å². The minimum Gasteiger partial charge on any atom is -0.267 e. The summed E-state index contributed by atoms with van der Waals surface area (Å²) in [5.74, 6) is 1.09. The van der Waals surface area contributed by atoms with E-state index in [1.54, 1.807) is 31.3 Å². The lowest BCUT2D eigenvalue weighted by Gasteiger charge is -2.30. The lowest BCUT2D eigenvalue weighted by Crippen LogP contribution is -2.32. The summed E-state index contributed by atoms with van der Waals surface area (Å²) in [5, 5.41) is 9.65. The monoisotopic (exact) mass is 354 g/mol. The zero-order valence-corrected chi connectivity index (χ0v) is 15.8. The maximum absolute atomic E-state index is 12.7. The van der Waals surface area contributed by atoms with Crippen molar-refractivity contribution in [3.05, 3.63) is 40.3 Å². The molecule has 6 nitrogen and oxygen atoms in total. The van der Waals surface area contributed by atoms with Crippen LogP contribution >= 0.6 is 0 Å². The summed E-state index contributed by atoms with van der Waals surface area (Å²) in [7, 11) is 1.55. The summed E-state index contributed by atoms with van der Waals surface area (Å²) >= 11 is 0. The smallest absolute Gasteiger partial charge is 0.267 e. The van der Waals surface area contributed by atoms with E-state index in [-0.39, 0.29) is 17.2 Å². The quantitative estimate of drug-likeness (QED) is 0.861. The highest BCUT2D eigenvalue weighted by Crippen LogP contribution is 2.31. The predicted molar refractivity (Wildman–Crippen MR) is 103 cm³/mol. The van der Waals surface area contributed by atoms with Gasteiger partial charge in [-0.2, -0.15) is 10.2 Å². The van der Waals surface area contributed by atoms with Crippen LogP contribution in [0.4, 0.5) is 0 Å². The van der Waals surface area contributed by atoms with E-state index in [0.29, 0.717) is 28.5 Å². The van der Waals surface area contributed by atoms with Gasteiger partial charge in [-0.1, -0.05) is 39.0 Å². The molecule has 1 amide bonds. The first kappa shape index (κ1) is 18.3. The highest BCUT2D eigenvalue weighted by Gasteiger charge is 2.27. The number of aryl methyl sites for hydroxylation is 1. The molecule has 1 aliphatic carbocycles. The minimum absolute atomic E-state index is 0.218. The highest BCUT2D eigenvalue weighted by atomic mass is 16.2. The Balaban J connectivity index is 1.92. The molecule has 1 aromatic heterocycles. The molecule has 0 spiro atoms. The first-order valence-corrected chi connectivity index (χ1v) is 9.21. The molecule has 2 atom stereocenters. The number of hydrogen-bond acceptors (Lipinski definition) is 4. The zero-order valence-electron chi connectivity index (χ0n) is 15.8. The molecule has 138 valence electrons. The van der Waals surface area contributed by atoms with Gasteiger partial charge in [0.05, 0.1) is 5.39 Å². The molecule has 2 aromatic rings. The van der Waals surface area contributed by atoms with Gasteiger partial charge in [-0.05, 0) is 37.2 Å². The second kappa shape index (κ2) is 7.40. The number of carbonyl (C=O) groups is 1. The number of benzene rings is 1. The Kier molecular flexibility index (Phi) is 5.20. The number of amides is 1. The summed E-state index contributed by atoms with van der Waals surface area (Å²) in [6, 6.07) is 7.02. The van der Waals surface area contributed by atoms with E-state index in [0.717, 1.165) is 18.6 Å². The van der Waals surface area contributed by atoms with Crippen LogP contribution in [0.15, 0.2) is 34.2 Å². The number of carbonyl (C=O) groups excluding carboxylic acids is 1. The summed E-state index contributed by atoms with van der Waals surface area (Å²) in [4.78, 5) is 24.9. The Morgan fingerprint density at radius 2 is 1.96 bits per heavy atom. The van der Waals surface area contributed by atoms with Gasteiger partial charge in [0, 0.05) is 24.1 Å². The van der Waals surface area contributed by atoms with Crippen molar-refractivity contribution in [2.24, 2.45) is 29.9 Å². The molecule has 3 rings (SSSR count). The molecule has 1 aromatic carbocycles. The fourth-order valence-corrected chi connectivity index (χ4v) is 3.73. The molecule has 6 heteroatoms. The number of nitrogens with zero attached hydrogens (tertiary/aromatic N) is 3. The van der Waals surface area contributed by atoms with Crippen LogP contribution in [0.3, 0.4) is 0 Å². The van der Waals surface area contributed by atoms with E-state index in [4.69, 9.17) is 0 Å². The van der Waals surface area contributed by atoms with Gasteiger partial charge in [0.25, 0.3) is 11.5 Å². The molecule has 1 saturated carbocycles. The number of nitrogens with one attached hydrogen (secondary N) is 1. The van der Waals surface area contributed by atoms with Crippen molar-refractivity contribution in [3.63, 3.8) is 0 Å². The Morgan fingerprint density at radius 1 is 1.27 bits per heavy atom. The SMILES string of the molecule is CC(C)[C@@H]1CC[C@H](C)C/C1=N/NC(=O)c1nn(C)c(=O)c2ccccc12. The summed E-state index contributed by atoms with van der Waals surface area (Å²) in [6.07, 6.45) is 3.21. The Bertz CT molecular complexity index is 914. The average molecular weight is 354 g/mol. The van der Waals surface area contributed by atoms with Crippen LogP contribution in [0.25, 0.3) is 10.8 Å². The predicted octanol–water partition coefficient (Wildman–Crippen LogP) is 3.11. The number of hydrazone groups is 1. The van der Waals surface area contributed by atoms with E-state index in [1.807, 2.05) is 0 Å². The first-order chi connectivity index (χ1) is 12.4.